The summed E-state index contributed by atoms with van der Waals surface area (Å²) in [6, 6.07) is 9.12. The number of carbonyl (C=O) groups excluding carboxylic acids is 1. The molecule has 7 heteroatoms. The van der Waals surface area contributed by atoms with E-state index in [1.165, 1.54) is 0 Å². The number of aromatic nitrogens is 3. The van der Waals surface area contributed by atoms with Gasteiger partial charge in [0.1, 0.15) is 12.1 Å². The molecular formula is C18H25N5O2. The summed E-state index contributed by atoms with van der Waals surface area (Å²) >= 11 is 0. The molecule has 1 aliphatic rings. The van der Waals surface area contributed by atoms with E-state index in [0.717, 1.165) is 11.4 Å². The normalized spacial score (nSPS) is 20.4. The number of primary amides is 1. The Morgan fingerprint density at radius 2 is 2.08 bits per heavy atom. The number of nitrogens with two attached hydrogens (primary N) is 1. The number of rotatable bonds is 4. The molecule has 0 spiro atoms. The van der Waals surface area contributed by atoms with Gasteiger partial charge >= 0.3 is 0 Å². The fourth-order valence-electron chi connectivity index (χ4n) is 3.01. The van der Waals surface area contributed by atoms with Crippen molar-refractivity contribution < 1.29 is 9.53 Å². The van der Waals surface area contributed by atoms with Crippen molar-refractivity contribution in [3.63, 3.8) is 0 Å². The summed E-state index contributed by atoms with van der Waals surface area (Å²) in [6.45, 7) is 7.86. The number of amides is 1. The van der Waals surface area contributed by atoms with Crippen LogP contribution in [0.1, 0.15) is 50.1 Å². The highest BCUT2D eigenvalue weighted by atomic mass is 16.5. The Bertz CT molecular complexity index is 723. The Labute approximate surface area is 147 Å². The van der Waals surface area contributed by atoms with Crippen molar-refractivity contribution >= 4 is 5.91 Å². The van der Waals surface area contributed by atoms with Crippen molar-refractivity contribution in [2.24, 2.45) is 5.73 Å². The molecule has 1 aliphatic heterocycles. The molecule has 1 aromatic heterocycles. The Kier molecular flexibility index (Phi) is 4.87. The average Bonchev–Trinajstić information content (AvgIpc) is 3.06. The van der Waals surface area contributed by atoms with Gasteiger partial charge in [0.25, 0.3) is 0 Å². The quantitative estimate of drug-likeness (QED) is 0.881. The van der Waals surface area contributed by atoms with Gasteiger partial charge in [-0.3, -0.25) is 14.8 Å². The highest BCUT2D eigenvalue weighted by Gasteiger charge is 2.33. The molecule has 3 N–H and O–H groups in total. The highest BCUT2D eigenvalue weighted by molar-refractivity contribution is 5.81. The van der Waals surface area contributed by atoms with E-state index in [0.29, 0.717) is 25.5 Å². The lowest BCUT2D eigenvalue weighted by Gasteiger charge is -2.36. The van der Waals surface area contributed by atoms with Gasteiger partial charge in [0.15, 0.2) is 11.6 Å². The molecule has 25 heavy (non-hydrogen) atoms. The van der Waals surface area contributed by atoms with Crippen LogP contribution in [-0.4, -0.2) is 45.7 Å². The largest absolute Gasteiger partial charge is 0.368 e. The number of nitrogens with one attached hydrogen (secondary N) is 1. The summed E-state index contributed by atoms with van der Waals surface area (Å²) in [5, 5.41) is 7.28. The van der Waals surface area contributed by atoms with Crippen LogP contribution in [0, 0.1) is 0 Å². The van der Waals surface area contributed by atoms with E-state index < -0.39 is 6.04 Å². The fourth-order valence-corrected chi connectivity index (χ4v) is 3.01. The lowest BCUT2D eigenvalue weighted by molar-refractivity contribution is -0.127. The number of H-pyrrole nitrogens is 1. The second kappa shape index (κ2) is 6.93. The third kappa shape index (κ3) is 3.88. The summed E-state index contributed by atoms with van der Waals surface area (Å²) in [5.41, 5.74) is 6.44. The molecule has 2 heterocycles. The Hall–Kier alpha value is -2.25. The van der Waals surface area contributed by atoms with Gasteiger partial charge < -0.3 is 10.5 Å². The first-order chi connectivity index (χ1) is 11.9. The van der Waals surface area contributed by atoms with Crippen molar-refractivity contribution in [3.05, 3.63) is 47.5 Å². The maximum Gasteiger partial charge on any atom is 0.239 e. The van der Waals surface area contributed by atoms with Crippen LogP contribution < -0.4 is 5.73 Å². The minimum Gasteiger partial charge on any atom is -0.368 e. The zero-order valence-corrected chi connectivity index (χ0v) is 14.9. The van der Waals surface area contributed by atoms with Crippen LogP contribution in [0.4, 0.5) is 0 Å². The molecule has 1 amide bonds. The number of nitrogens with zero attached hydrogens (tertiary/aromatic N) is 3. The van der Waals surface area contributed by atoms with Crippen LogP contribution in [0.2, 0.25) is 0 Å². The standard InChI is InChI=1S/C18H25N5O2/c1-18(2,3)17-20-16(21-22-17)13-11-23(9-10-25-13)14(15(19)24)12-7-5-4-6-8-12/h4-8,13-14H,9-11H2,1-3H3,(H2,19,24)(H,20,21,22)/t13-,14-/m0/s1. The number of aromatic amines is 1. The Morgan fingerprint density at radius 1 is 1.36 bits per heavy atom. The Morgan fingerprint density at radius 3 is 2.68 bits per heavy atom. The molecule has 0 radical (unpaired) electrons. The molecular weight excluding hydrogens is 318 g/mol. The van der Waals surface area contributed by atoms with Crippen molar-refractivity contribution in [1.82, 2.24) is 20.1 Å². The van der Waals surface area contributed by atoms with Crippen LogP contribution in [0.15, 0.2) is 30.3 Å². The lowest BCUT2D eigenvalue weighted by Crippen LogP contribution is -2.45. The second-order valence-corrected chi connectivity index (χ2v) is 7.36. The van der Waals surface area contributed by atoms with Gasteiger partial charge in [-0.25, -0.2) is 4.98 Å². The van der Waals surface area contributed by atoms with E-state index in [1.54, 1.807) is 0 Å². The van der Waals surface area contributed by atoms with Crippen LogP contribution >= 0.6 is 0 Å². The van der Waals surface area contributed by atoms with Gasteiger partial charge in [-0.15, -0.1) is 0 Å². The molecule has 2 aromatic rings. The van der Waals surface area contributed by atoms with E-state index in [2.05, 4.69) is 36.0 Å². The third-order valence-electron chi connectivity index (χ3n) is 4.33. The summed E-state index contributed by atoms with van der Waals surface area (Å²) in [5.74, 6) is 1.07. The van der Waals surface area contributed by atoms with E-state index in [9.17, 15) is 4.79 Å². The first-order valence-electron chi connectivity index (χ1n) is 8.49. The van der Waals surface area contributed by atoms with Crippen LogP contribution in [0.3, 0.4) is 0 Å². The number of hydrogen-bond donors (Lipinski definition) is 2. The minimum atomic E-state index is -0.474. The summed E-state index contributed by atoms with van der Waals surface area (Å²) in [4.78, 5) is 18.7. The second-order valence-electron chi connectivity index (χ2n) is 7.36. The zero-order valence-electron chi connectivity index (χ0n) is 14.9. The molecule has 0 unspecified atom stereocenters. The minimum absolute atomic E-state index is 0.136. The molecule has 134 valence electrons. The molecule has 1 aromatic carbocycles. The highest BCUT2D eigenvalue weighted by Crippen LogP contribution is 2.28. The van der Waals surface area contributed by atoms with Crippen LogP contribution in [-0.2, 0) is 14.9 Å². The van der Waals surface area contributed by atoms with Crippen molar-refractivity contribution in [2.75, 3.05) is 19.7 Å². The average molecular weight is 343 g/mol. The smallest absolute Gasteiger partial charge is 0.239 e. The van der Waals surface area contributed by atoms with Crippen molar-refractivity contribution in [3.8, 4) is 0 Å². The lowest BCUT2D eigenvalue weighted by atomic mass is 9.96. The van der Waals surface area contributed by atoms with E-state index in [4.69, 9.17) is 10.5 Å². The molecule has 7 nitrogen and oxygen atoms in total. The maximum absolute atomic E-state index is 12.1. The molecule has 1 fully saturated rings. The third-order valence-corrected chi connectivity index (χ3v) is 4.33. The predicted molar refractivity (Wildman–Crippen MR) is 93.7 cm³/mol. The molecule has 0 bridgehead atoms. The fraction of sp³-hybridized carbons (Fsp3) is 0.500. The summed E-state index contributed by atoms with van der Waals surface area (Å²) in [7, 11) is 0. The Balaban J connectivity index is 1.80. The maximum atomic E-state index is 12.1. The molecule has 3 rings (SSSR count). The molecule has 0 aliphatic carbocycles. The van der Waals surface area contributed by atoms with Crippen LogP contribution in [0.25, 0.3) is 0 Å². The molecule has 2 atom stereocenters. The van der Waals surface area contributed by atoms with Gasteiger partial charge in [-0.05, 0) is 5.56 Å². The van der Waals surface area contributed by atoms with Gasteiger partial charge in [0.2, 0.25) is 5.91 Å². The zero-order chi connectivity index (χ0) is 18.0. The SMILES string of the molecule is CC(C)(C)c1n[nH]c([C@@H]2CN([C@H](C(N)=O)c3ccccc3)CCO2)n1. The number of benzene rings is 1. The van der Waals surface area contributed by atoms with Crippen molar-refractivity contribution in [2.45, 2.75) is 38.3 Å². The summed E-state index contributed by atoms with van der Waals surface area (Å²) in [6.07, 6.45) is -0.261. The first kappa shape index (κ1) is 17.6. The van der Waals surface area contributed by atoms with Gasteiger partial charge in [0, 0.05) is 18.5 Å². The van der Waals surface area contributed by atoms with Crippen molar-refractivity contribution in [1.29, 1.82) is 0 Å². The summed E-state index contributed by atoms with van der Waals surface area (Å²) < 4.78 is 5.86. The van der Waals surface area contributed by atoms with E-state index >= 15 is 0 Å². The van der Waals surface area contributed by atoms with E-state index in [-0.39, 0.29) is 17.4 Å². The number of hydrogen-bond acceptors (Lipinski definition) is 5. The topological polar surface area (TPSA) is 97.1 Å². The molecule has 1 saturated heterocycles. The number of morpholine rings is 1. The van der Waals surface area contributed by atoms with Gasteiger partial charge in [0.05, 0.1) is 6.61 Å². The van der Waals surface area contributed by atoms with Gasteiger partial charge in [-0.1, -0.05) is 51.1 Å². The molecule has 0 saturated carbocycles. The predicted octanol–water partition coefficient (Wildman–Crippen LogP) is 1.70. The first-order valence-corrected chi connectivity index (χ1v) is 8.49. The monoisotopic (exact) mass is 343 g/mol. The number of ether oxygens (including phenoxy) is 1. The van der Waals surface area contributed by atoms with Gasteiger partial charge in [-0.2, -0.15) is 5.10 Å². The number of carbonyl (C=O) groups is 1. The van der Waals surface area contributed by atoms with Crippen LogP contribution in [0.5, 0.6) is 0 Å². The van der Waals surface area contributed by atoms with E-state index in [1.807, 2.05) is 35.2 Å².